The second-order valence-electron chi connectivity index (χ2n) is 5.76. The quantitative estimate of drug-likeness (QED) is 0.759. The molecule has 1 fully saturated rings. The molecule has 1 saturated heterocycles. The van der Waals surface area contributed by atoms with Crippen LogP contribution in [-0.2, 0) is 0 Å². The number of halogens is 1. The van der Waals surface area contributed by atoms with Crippen molar-refractivity contribution >= 4 is 17.4 Å². The van der Waals surface area contributed by atoms with Crippen LogP contribution >= 0.6 is 11.6 Å². The molecule has 1 aromatic carbocycles. The molecule has 0 saturated carbocycles. The van der Waals surface area contributed by atoms with E-state index in [2.05, 4.69) is 18.7 Å². The van der Waals surface area contributed by atoms with E-state index in [9.17, 15) is 4.79 Å². The number of ketones is 1. The first-order valence-electron chi connectivity index (χ1n) is 7.12. The number of Topliss-reactive ketones (excluding diaryl/α,β-unsaturated/α-hetero) is 1. The van der Waals surface area contributed by atoms with Gasteiger partial charge in [0.1, 0.15) is 0 Å². The predicted octanol–water partition coefficient (Wildman–Crippen LogP) is 4.03. The molecule has 2 rings (SSSR count). The molecule has 1 atom stereocenters. The van der Waals surface area contributed by atoms with Crippen molar-refractivity contribution in [1.29, 1.82) is 0 Å². The smallest absolute Gasteiger partial charge is 0.179 e. The molecule has 0 bridgehead atoms. The maximum atomic E-state index is 12.7. The Hall–Kier alpha value is -0.860. The highest BCUT2D eigenvalue weighted by atomic mass is 35.5. The summed E-state index contributed by atoms with van der Waals surface area (Å²) in [6, 6.07) is 7.31. The summed E-state index contributed by atoms with van der Waals surface area (Å²) in [6.07, 6.45) is 3.35. The van der Waals surface area contributed by atoms with Crippen LogP contribution in [0.5, 0.6) is 0 Å². The van der Waals surface area contributed by atoms with Gasteiger partial charge in [-0.25, -0.2) is 0 Å². The molecule has 1 aliphatic rings. The average molecular weight is 280 g/mol. The van der Waals surface area contributed by atoms with Gasteiger partial charge in [0, 0.05) is 10.6 Å². The van der Waals surface area contributed by atoms with E-state index in [1.807, 2.05) is 12.1 Å². The van der Waals surface area contributed by atoms with Crippen molar-refractivity contribution in [1.82, 2.24) is 4.90 Å². The van der Waals surface area contributed by atoms with Gasteiger partial charge in [-0.1, -0.05) is 25.4 Å². The minimum atomic E-state index is 0.0312. The molecule has 1 unspecified atom stereocenters. The fourth-order valence-corrected chi connectivity index (χ4v) is 2.85. The van der Waals surface area contributed by atoms with Crippen LogP contribution in [0.15, 0.2) is 24.3 Å². The van der Waals surface area contributed by atoms with Crippen LogP contribution in [0.3, 0.4) is 0 Å². The van der Waals surface area contributed by atoms with Crippen molar-refractivity contribution in [2.45, 2.75) is 39.2 Å². The molecule has 0 radical (unpaired) electrons. The van der Waals surface area contributed by atoms with Crippen LogP contribution in [0.1, 0.15) is 43.5 Å². The van der Waals surface area contributed by atoms with Crippen LogP contribution < -0.4 is 0 Å². The highest BCUT2D eigenvalue weighted by molar-refractivity contribution is 6.30. The van der Waals surface area contributed by atoms with Gasteiger partial charge >= 0.3 is 0 Å². The molecule has 1 heterocycles. The third-order valence-corrected chi connectivity index (χ3v) is 3.96. The Morgan fingerprint density at radius 1 is 1.21 bits per heavy atom. The van der Waals surface area contributed by atoms with Crippen molar-refractivity contribution in [2.75, 3.05) is 13.1 Å². The molecule has 19 heavy (non-hydrogen) atoms. The predicted molar refractivity (Wildman–Crippen MR) is 79.8 cm³/mol. The monoisotopic (exact) mass is 279 g/mol. The molecular weight excluding hydrogens is 258 g/mol. The molecule has 1 aliphatic heterocycles. The molecule has 1 aromatic rings. The van der Waals surface area contributed by atoms with E-state index in [0.717, 1.165) is 25.1 Å². The van der Waals surface area contributed by atoms with E-state index >= 15 is 0 Å². The van der Waals surface area contributed by atoms with Crippen LogP contribution in [-0.4, -0.2) is 29.8 Å². The molecule has 0 N–H and O–H groups in total. The molecule has 104 valence electrons. The third kappa shape index (κ3) is 3.80. The second-order valence-corrected chi connectivity index (χ2v) is 6.20. The number of benzene rings is 1. The third-order valence-electron chi connectivity index (χ3n) is 3.71. The van der Waals surface area contributed by atoms with Crippen LogP contribution in [0.4, 0.5) is 0 Å². The van der Waals surface area contributed by atoms with Crippen molar-refractivity contribution in [3.8, 4) is 0 Å². The lowest BCUT2D eigenvalue weighted by molar-refractivity contribution is 0.0822. The van der Waals surface area contributed by atoms with Gasteiger partial charge in [0.15, 0.2) is 5.78 Å². The fraction of sp³-hybridized carbons (Fsp3) is 0.562. The Balaban J connectivity index is 2.16. The highest BCUT2D eigenvalue weighted by Gasteiger charge is 2.29. The summed E-state index contributed by atoms with van der Waals surface area (Å²) in [6.45, 7) is 6.46. The number of carbonyl (C=O) groups is 1. The van der Waals surface area contributed by atoms with Gasteiger partial charge in [-0.15, -0.1) is 0 Å². The zero-order valence-corrected chi connectivity index (χ0v) is 12.5. The Kier molecular flexibility index (Phi) is 5.00. The van der Waals surface area contributed by atoms with Gasteiger partial charge in [-0.05, 0) is 62.5 Å². The Morgan fingerprint density at radius 2 is 1.79 bits per heavy atom. The first kappa shape index (κ1) is 14.5. The molecule has 0 spiro atoms. The number of carbonyl (C=O) groups excluding carboxylic acids is 1. The zero-order valence-electron chi connectivity index (χ0n) is 11.7. The summed E-state index contributed by atoms with van der Waals surface area (Å²) >= 11 is 5.89. The minimum absolute atomic E-state index is 0.0312. The Morgan fingerprint density at radius 3 is 2.32 bits per heavy atom. The van der Waals surface area contributed by atoms with Gasteiger partial charge in [0.05, 0.1) is 6.04 Å². The summed E-state index contributed by atoms with van der Waals surface area (Å²) in [5.74, 6) is 0.772. The molecule has 0 amide bonds. The van der Waals surface area contributed by atoms with Crippen molar-refractivity contribution < 1.29 is 4.79 Å². The van der Waals surface area contributed by atoms with Crippen LogP contribution in [0, 0.1) is 5.92 Å². The average Bonchev–Trinajstić information content (AvgIpc) is 2.89. The minimum Gasteiger partial charge on any atom is -0.293 e. The first-order valence-corrected chi connectivity index (χ1v) is 7.49. The van der Waals surface area contributed by atoms with Crippen molar-refractivity contribution in [3.05, 3.63) is 34.9 Å². The number of hydrogen-bond acceptors (Lipinski definition) is 2. The fourth-order valence-electron chi connectivity index (χ4n) is 2.73. The SMILES string of the molecule is CC(C)CC(C(=O)c1ccc(Cl)cc1)N1CCCC1. The lowest BCUT2D eigenvalue weighted by Crippen LogP contribution is -2.40. The highest BCUT2D eigenvalue weighted by Crippen LogP contribution is 2.22. The van der Waals surface area contributed by atoms with E-state index in [-0.39, 0.29) is 11.8 Å². The summed E-state index contributed by atoms with van der Waals surface area (Å²) in [5.41, 5.74) is 0.780. The van der Waals surface area contributed by atoms with Gasteiger partial charge in [-0.2, -0.15) is 0 Å². The first-order chi connectivity index (χ1) is 9.08. The molecule has 2 nitrogen and oxygen atoms in total. The van der Waals surface area contributed by atoms with Crippen LogP contribution in [0.2, 0.25) is 5.02 Å². The normalized spacial score (nSPS) is 17.9. The maximum absolute atomic E-state index is 12.7. The standard InChI is InChI=1S/C16H22ClNO/c1-12(2)11-15(18-9-3-4-10-18)16(19)13-5-7-14(17)8-6-13/h5-8,12,15H,3-4,9-11H2,1-2H3. The van der Waals surface area contributed by atoms with E-state index < -0.39 is 0 Å². The molecule has 0 aliphatic carbocycles. The van der Waals surface area contributed by atoms with E-state index in [0.29, 0.717) is 10.9 Å². The van der Waals surface area contributed by atoms with Crippen molar-refractivity contribution in [3.63, 3.8) is 0 Å². The molecular formula is C16H22ClNO. The van der Waals surface area contributed by atoms with Gasteiger partial charge in [0.25, 0.3) is 0 Å². The summed E-state index contributed by atoms with van der Waals surface area (Å²) in [5, 5.41) is 0.679. The van der Waals surface area contributed by atoms with Gasteiger partial charge in [-0.3, -0.25) is 9.69 Å². The largest absolute Gasteiger partial charge is 0.293 e. The Bertz CT molecular complexity index is 421. The van der Waals surface area contributed by atoms with Gasteiger partial charge < -0.3 is 0 Å². The zero-order chi connectivity index (χ0) is 13.8. The second kappa shape index (κ2) is 6.53. The number of likely N-dealkylation sites (tertiary alicyclic amines) is 1. The lowest BCUT2D eigenvalue weighted by atomic mass is 9.95. The topological polar surface area (TPSA) is 20.3 Å². The molecule has 0 aromatic heterocycles. The lowest BCUT2D eigenvalue weighted by Gasteiger charge is -2.27. The van der Waals surface area contributed by atoms with E-state index in [1.54, 1.807) is 12.1 Å². The van der Waals surface area contributed by atoms with E-state index in [4.69, 9.17) is 11.6 Å². The maximum Gasteiger partial charge on any atom is 0.179 e. The molecule has 3 heteroatoms. The number of nitrogens with zero attached hydrogens (tertiary/aromatic N) is 1. The van der Waals surface area contributed by atoms with E-state index in [1.165, 1.54) is 12.8 Å². The van der Waals surface area contributed by atoms with Gasteiger partial charge in [0.2, 0.25) is 0 Å². The summed E-state index contributed by atoms with van der Waals surface area (Å²) in [4.78, 5) is 15.0. The summed E-state index contributed by atoms with van der Waals surface area (Å²) in [7, 11) is 0. The van der Waals surface area contributed by atoms with Crippen molar-refractivity contribution in [2.24, 2.45) is 5.92 Å². The Labute approximate surface area is 120 Å². The summed E-state index contributed by atoms with van der Waals surface area (Å²) < 4.78 is 0. The van der Waals surface area contributed by atoms with Crippen LogP contribution in [0.25, 0.3) is 0 Å². The number of hydrogen-bond donors (Lipinski definition) is 0. The number of rotatable bonds is 5.